The molecule has 0 unspecified atom stereocenters. The minimum absolute atomic E-state index is 0.430. The number of fused-ring (bicyclic) bond motifs is 5. The maximum Gasteiger partial charge on any atom is 0.244 e. The second-order valence-corrected chi connectivity index (χ2v) is 16.2. The molecule has 3 saturated carbocycles. The molecule has 218 valence electrons. The monoisotopic (exact) mass is 605 g/mol. The second kappa shape index (κ2) is 11.4. The van der Waals surface area contributed by atoms with E-state index in [1.165, 1.54) is 80.7 Å². The van der Waals surface area contributed by atoms with Gasteiger partial charge in [-0.2, -0.15) is 0 Å². The Kier molecular flexibility index (Phi) is 8.18. The van der Waals surface area contributed by atoms with Gasteiger partial charge in [-0.3, -0.25) is 0 Å². The molecule has 8 atom stereocenters. The number of halogens is 1. The molecule has 1 heterocycles. The van der Waals surface area contributed by atoms with Crippen LogP contribution in [0.1, 0.15) is 117 Å². The van der Waals surface area contributed by atoms with E-state index in [-0.39, 0.29) is 0 Å². The van der Waals surface area contributed by atoms with Crippen molar-refractivity contribution in [3.05, 3.63) is 64.7 Å². The average Bonchev–Trinajstić information content (AvgIpc) is 3.53. The van der Waals surface area contributed by atoms with Crippen LogP contribution in [0, 0.1) is 46.3 Å². The second-order valence-electron chi connectivity index (χ2n) is 15.3. The molecule has 2 nitrogen and oxygen atoms in total. The molecule has 0 amide bonds. The summed E-state index contributed by atoms with van der Waals surface area (Å²) in [5.74, 6) is 5.50. The predicted molar refractivity (Wildman–Crippen MR) is 170 cm³/mol. The number of imidazole rings is 1. The van der Waals surface area contributed by atoms with Gasteiger partial charge in [-0.05, 0) is 97.3 Å². The molecular weight excluding hydrogens is 552 g/mol. The largest absolute Gasteiger partial charge is 0.244 e. The Morgan fingerprint density at radius 3 is 2.62 bits per heavy atom. The standard InChI is InChI=1S/C37H54BrN2/c1-26(2)9-8-10-27(3)32-15-16-33-31-14-13-29-23-30(17-19-36(29,4)34(31)18-20-37(32,33)5)40-22-21-39(25-40)24-28-11-6-7-12-35(28)38/h6-7,11-13,21-22,25-27,30-34H,8-10,14-20,23-24H2,1-5H3/q+1/t27-,30-,31+,32-,33+,34+,36+,37-/m1/s1. The van der Waals surface area contributed by atoms with Gasteiger partial charge in [0.05, 0.1) is 0 Å². The van der Waals surface area contributed by atoms with Gasteiger partial charge in [0.1, 0.15) is 25.0 Å². The van der Waals surface area contributed by atoms with Gasteiger partial charge in [0, 0.05) is 16.5 Å². The Morgan fingerprint density at radius 1 is 1.00 bits per heavy atom. The molecule has 4 aliphatic rings. The lowest BCUT2D eigenvalue weighted by atomic mass is 9.47. The molecular formula is C37H54BrN2+. The van der Waals surface area contributed by atoms with Crippen molar-refractivity contribution < 1.29 is 4.57 Å². The fourth-order valence-corrected chi connectivity index (χ4v) is 10.9. The number of benzene rings is 1. The summed E-state index contributed by atoms with van der Waals surface area (Å²) in [6.45, 7) is 13.7. The average molecular weight is 607 g/mol. The van der Waals surface area contributed by atoms with Crippen LogP contribution in [-0.2, 0) is 6.54 Å². The SMILES string of the molecule is CC(C)CCC[C@@H](C)[C@H]1CC[C@H]2[C@@H]3CC=C4C[C@H](n5cc[n+](Cc6ccccc6Br)c5)CC[C@]4(C)[C@H]3CC[C@]12C. The lowest BCUT2D eigenvalue weighted by Crippen LogP contribution is -2.50. The van der Waals surface area contributed by atoms with Crippen molar-refractivity contribution in [2.24, 2.45) is 46.3 Å². The Hall–Kier alpha value is -1.35. The Bertz CT molecular complexity index is 1210. The number of nitrogens with zero attached hydrogens (tertiary/aromatic N) is 2. The lowest BCUT2D eigenvalue weighted by Gasteiger charge is -2.58. The molecule has 0 N–H and O–H groups in total. The first-order valence-corrected chi connectivity index (χ1v) is 17.5. The van der Waals surface area contributed by atoms with E-state index < -0.39 is 0 Å². The first-order valence-electron chi connectivity index (χ1n) is 16.7. The highest BCUT2D eigenvalue weighted by Gasteiger charge is 2.59. The van der Waals surface area contributed by atoms with Crippen LogP contribution in [0.3, 0.4) is 0 Å². The van der Waals surface area contributed by atoms with Crippen LogP contribution in [-0.4, -0.2) is 4.57 Å². The molecule has 1 aromatic carbocycles. The van der Waals surface area contributed by atoms with Gasteiger partial charge in [0.25, 0.3) is 0 Å². The lowest BCUT2D eigenvalue weighted by molar-refractivity contribution is -0.688. The van der Waals surface area contributed by atoms with E-state index in [0.29, 0.717) is 16.9 Å². The minimum atomic E-state index is 0.430. The van der Waals surface area contributed by atoms with Gasteiger partial charge in [-0.15, -0.1) is 0 Å². The maximum absolute atomic E-state index is 3.73. The van der Waals surface area contributed by atoms with E-state index in [1.54, 1.807) is 5.57 Å². The highest BCUT2D eigenvalue weighted by Crippen LogP contribution is 2.67. The zero-order chi connectivity index (χ0) is 28.1. The van der Waals surface area contributed by atoms with Crippen molar-refractivity contribution in [3.8, 4) is 0 Å². The molecule has 0 bridgehead atoms. The first-order chi connectivity index (χ1) is 19.2. The molecule has 0 saturated heterocycles. The minimum Gasteiger partial charge on any atom is -0.234 e. The summed E-state index contributed by atoms with van der Waals surface area (Å²) in [4.78, 5) is 0. The summed E-state index contributed by atoms with van der Waals surface area (Å²) in [6, 6.07) is 9.20. The number of hydrogen-bond acceptors (Lipinski definition) is 0. The molecule has 0 radical (unpaired) electrons. The summed E-state index contributed by atoms with van der Waals surface area (Å²) in [7, 11) is 0. The van der Waals surface area contributed by atoms with Crippen molar-refractivity contribution in [2.45, 2.75) is 118 Å². The summed E-state index contributed by atoms with van der Waals surface area (Å²) in [5, 5.41) is 0. The van der Waals surface area contributed by atoms with Gasteiger partial charge in [-0.1, -0.05) is 99.7 Å². The summed E-state index contributed by atoms with van der Waals surface area (Å²) < 4.78 is 6.06. The fourth-order valence-electron chi connectivity index (χ4n) is 10.5. The fraction of sp³-hybridized carbons (Fsp3) is 0.703. The number of aromatic nitrogens is 2. The molecule has 2 aromatic rings. The van der Waals surface area contributed by atoms with Crippen LogP contribution in [0.15, 0.2) is 59.1 Å². The van der Waals surface area contributed by atoms with Crippen molar-refractivity contribution >= 4 is 15.9 Å². The quantitative estimate of drug-likeness (QED) is 0.209. The van der Waals surface area contributed by atoms with Crippen LogP contribution >= 0.6 is 15.9 Å². The third-order valence-corrected chi connectivity index (χ3v) is 13.5. The predicted octanol–water partition coefficient (Wildman–Crippen LogP) is 10.2. The molecule has 1 aromatic heterocycles. The van der Waals surface area contributed by atoms with E-state index in [0.717, 1.165) is 42.1 Å². The van der Waals surface area contributed by atoms with E-state index in [4.69, 9.17) is 0 Å². The molecule has 3 fully saturated rings. The zero-order valence-corrected chi connectivity index (χ0v) is 27.5. The van der Waals surface area contributed by atoms with Crippen molar-refractivity contribution in [1.29, 1.82) is 0 Å². The molecule has 0 aliphatic heterocycles. The van der Waals surface area contributed by atoms with Gasteiger partial charge < -0.3 is 0 Å². The van der Waals surface area contributed by atoms with Crippen molar-refractivity contribution in [1.82, 2.24) is 4.57 Å². The van der Waals surface area contributed by atoms with Crippen LogP contribution in [0.2, 0.25) is 0 Å². The van der Waals surface area contributed by atoms with Gasteiger partial charge in [-0.25, -0.2) is 9.13 Å². The number of hydrogen-bond donors (Lipinski definition) is 0. The number of rotatable bonds is 8. The van der Waals surface area contributed by atoms with Crippen LogP contribution < -0.4 is 4.57 Å². The van der Waals surface area contributed by atoms with Gasteiger partial charge in [0.15, 0.2) is 0 Å². The topological polar surface area (TPSA) is 8.81 Å². The molecule has 4 aliphatic carbocycles. The smallest absolute Gasteiger partial charge is 0.234 e. The molecule has 3 heteroatoms. The Labute approximate surface area is 253 Å². The molecule has 6 rings (SSSR count). The van der Waals surface area contributed by atoms with Crippen LogP contribution in [0.5, 0.6) is 0 Å². The zero-order valence-electron chi connectivity index (χ0n) is 25.9. The van der Waals surface area contributed by atoms with E-state index in [1.807, 2.05) is 0 Å². The highest BCUT2D eigenvalue weighted by atomic mass is 79.9. The van der Waals surface area contributed by atoms with Gasteiger partial charge >= 0.3 is 0 Å². The van der Waals surface area contributed by atoms with Crippen LogP contribution in [0.4, 0.5) is 0 Å². The van der Waals surface area contributed by atoms with Crippen molar-refractivity contribution in [3.63, 3.8) is 0 Å². The maximum atomic E-state index is 3.73. The van der Waals surface area contributed by atoms with E-state index in [9.17, 15) is 0 Å². The molecule has 0 spiro atoms. The van der Waals surface area contributed by atoms with E-state index in [2.05, 4.69) is 109 Å². The van der Waals surface area contributed by atoms with E-state index >= 15 is 0 Å². The summed E-state index contributed by atoms with van der Waals surface area (Å²) in [6.07, 6.45) is 25.2. The van der Waals surface area contributed by atoms with Gasteiger partial charge in [0.2, 0.25) is 6.33 Å². The Morgan fingerprint density at radius 2 is 1.82 bits per heavy atom. The third kappa shape index (κ3) is 5.20. The normalized spacial score (nSPS) is 36.1. The van der Waals surface area contributed by atoms with Crippen LogP contribution in [0.25, 0.3) is 0 Å². The third-order valence-electron chi connectivity index (χ3n) is 12.7. The summed E-state index contributed by atoms with van der Waals surface area (Å²) >= 11 is 3.73. The van der Waals surface area contributed by atoms with Crippen molar-refractivity contribution in [2.75, 3.05) is 0 Å². The Balaban J connectivity index is 1.13. The summed E-state index contributed by atoms with van der Waals surface area (Å²) in [5.41, 5.74) is 4.16. The highest BCUT2D eigenvalue weighted by molar-refractivity contribution is 9.10. The first kappa shape index (κ1) is 28.8. The molecule has 40 heavy (non-hydrogen) atoms. The number of allylic oxidation sites excluding steroid dienone is 2.